The van der Waals surface area contributed by atoms with Gasteiger partial charge in [-0.2, -0.15) is 0 Å². The van der Waals surface area contributed by atoms with Crippen LogP contribution < -0.4 is 5.73 Å². The van der Waals surface area contributed by atoms with E-state index in [0.29, 0.717) is 5.02 Å². The first-order chi connectivity index (χ1) is 8.16. The molecule has 2 N–H and O–H groups in total. The van der Waals surface area contributed by atoms with Gasteiger partial charge in [-0.25, -0.2) is 0 Å². The zero-order valence-electron chi connectivity index (χ0n) is 9.11. The lowest BCUT2D eigenvalue weighted by Gasteiger charge is -2.14. The van der Waals surface area contributed by atoms with Crippen LogP contribution in [0.4, 0.5) is 0 Å². The molecule has 1 unspecified atom stereocenters. The molecular formula is C13H12BrClN2. The average Bonchev–Trinajstić information content (AvgIpc) is 2.33. The standard InChI is InChI=1S/C13H12BrClN2/c14-10-3-4-12(15)11(7-10)13(16)6-9-2-1-5-17-8-9/h1-5,7-8,13H,6,16H2. The van der Waals surface area contributed by atoms with Gasteiger partial charge in [0.15, 0.2) is 0 Å². The van der Waals surface area contributed by atoms with Gasteiger partial charge in [-0.15, -0.1) is 0 Å². The molecule has 2 nitrogen and oxygen atoms in total. The summed E-state index contributed by atoms with van der Waals surface area (Å²) in [7, 11) is 0. The Hall–Kier alpha value is -0.900. The Balaban J connectivity index is 2.20. The molecule has 0 saturated carbocycles. The van der Waals surface area contributed by atoms with Gasteiger partial charge in [0.1, 0.15) is 0 Å². The highest BCUT2D eigenvalue weighted by atomic mass is 79.9. The number of hydrogen-bond donors (Lipinski definition) is 1. The van der Waals surface area contributed by atoms with Crippen molar-refractivity contribution in [2.75, 3.05) is 0 Å². The maximum absolute atomic E-state index is 6.16. The fourth-order valence-electron chi connectivity index (χ4n) is 1.68. The zero-order chi connectivity index (χ0) is 12.3. The Kier molecular flexibility index (Phi) is 4.15. The molecule has 2 rings (SSSR count). The minimum Gasteiger partial charge on any atom is -0.324 e. The largest absolute Gasteiger partial charge is 0.324 e. The molecule has 1 heterocycles. The lowest BCUT2D eigenvalue weighted by molar-refractivity contribution is 0.719. The van der Waals surface area contributed by atoms with Crippen molar-refractivity contribution < 1.29 is 0 Å². The predicted octanol–water partition coefficient (Wildman–Crippen LogP) is 3.74. The van der Waals surface area contributed by atoms with Crippen molar-refractivity contribution in [3.63, 3.8) is 0 Å². The quantitative estimate of drug-likeness (QED) is 0.938. The monoisotopic (exact) mass is 310 g/mol. The average molecular weight is 312 g/mol. The third-order valence-corrected chi connectivity index (χ3v) is 3.37. The second kappa shape index (κ2) is 5.63. The third kappa shape index (κ3) is 3.28. The zero-order valence-corrected chi connectivity index (χ0v) is 11.4. The SMILES string of the molecule is NC(Cc1cccnc1)c1cc(Br)ccc1Cl. The fraction of sp³-hybridized carbons (Fsp3) is 0.154. The highest BCUT2D eigenvalue weighted by Crippen LogP contribution is 2.27. The van der Waals surface area contributed by atoms with Gasteiger partial charge in [-0.1, -0.05) is 33.6 Å². The van der Waals surface area contributed by atoms with E-state index >= 15 is 0 Å². The molecule has 0 aliphatic carbocycles. The van der Waals surface area contributed by atoms with E-state index < -0.39 is 0 Å². The number of pyridine rings is 1. The molecule has 2 aromatic rings. The summed E-state index contributed by atoms with van der Waals surface area (Å²) in [6.45, 7) is 0. The van der Waals surface area contributed by atoms with Crippen molar-refractivity contribution in [1.82, 2.24) is 4.98 Å². The smallest absolute Gasteiger partial charge is 0.0454 e. The van der Waals surface area contributed by atoms with Gasteiger partial charge in [0, 0.05) is 27.9 Å². The second-order valence-corrected chi connectivity index (χ2v) is 5.16. The summed E-state index contributed by atoms with van der Waals surface area (Å²) >= 11 is 9.56. The summed E-state index contributed by atoms with van der Waals surface area (Å²) in [5, 5.41) is 0.699. The molecule has 0 bridgehead atoms. The molecule has 0 saturated heterocycles. The number of halogens is 2. The summed E-state index contributed by atoms with van der Waals surface area (Å²) in [6.07, 6.45) is 4.30. The molecule has 0 radical (unpaired) electrons. The van der Waals surface area contributed by atoms with E-state index in [1.165, 1.54) is 0 Å². The molecule has 0 fully saturated rings. The van der Waals surface area contributed by atoms with Gasteiger partial charge in [0.05, 0.1) is 0 Å². The van der Waals surface area contributed by atoms with Gasteiger partial charge < -0.3 is 5.73 Å². The Morgan fingerprint density at radius 3 is 2.88 bits per heavy atom. The van der Waals surface area contributed by atoms with Crippen LogP contribution in [0.15, 0.2) is 47.2 Å². The van der Waals surface area contributed by atoms with Gasteiger partial charge >= 0.3 is 0 Å². The van der Waals surface area contributed by atoms with Crippen molar-refractivity contribution in [2.24, 2.45) is 5.73 Å². The minimum atomic E-state index is -0.121. The number of benzene rings is 1. The maximum Gasteiger partial charge on any atom is 0.0454 e. The lowest BCUT2D eigenvalue weighted by atomic mass is 10.0. The molecule has 4 heteroatoms. The van der Waals surface area contributed by atoms with E-state index in [0.717, 1.165) is 22.0 Å². The molecule has 0 aliphatic rings. The highest BCUT2D eigenvalue weighted by Gasteiger charge is 2.11. The van der Waals surface area contributed by atoms with Gasteiger partial charge in [0.25, 0.3) is 0 Å². The van der Waals surface area contributed by atoms with Crippen molar-refractivity contribution in [1.29, 1.82) is 0 Å². The number of rotatable bonds is 3. The van der Waals surface area contributed by atoms with Crippen LogP contribution in [0, 0.1) is 0 Å². The van der Waals surface area contributed by atoms with Gasteiger partial charge in [0.2, 0.25) is 0 Å². The summed E-state index contributed by atoms with van der Waals surface area (Å²) in [4.78, 5) is 4.07. The molecule has 88 valence electrons. The van der Waals surface area contributed by atoms with Crippen LogP contribution in [0.3, 0.4) is 0 Å². The van der Waals surface area contributed by atoms with E-state index in [1.807, 2.05) is 36.5 Å². The van der Waals surface area contributed by atoms with Crippen molar-refractivity contribution in [3.05, 3.63) is 63.3 Å². The van der Waals surface area contributed by atoms with Crippen molar-refractivity contribution in [3.8, 4) is 0 Å². The van der Waals surface area contributed by atoms with Crippen LogP contribution in [0.2, 0.25) is 5.02 Å². The van der Waals surface area contributed by atoms with E-state index in [9.17, 15) is 0 Å². The van der Waals surface area contributed by atoms with Crippen LogP contribution in [-0.4, -0.2) is 4.98 Å². The molecule has 0 spiro atoms. The number of hydrogen-bond acceptors (Lipinski definition) is 2. The molecule has 0 amide bonds. The van der Waals surface area contributed by atoms with Gasteiger partial charge in [-0.05, 0) is 41.8 Å². The third-order valence-electron chi connectivity index (χ3n) is 2.54. The van der Waals surface area contributed by atoms with Crippen LogP contribution >= 0.6 is 27.5 Å². The van der Waals surface area contributed by atoms with Crippen LogP contribution in [-0.2, 0) is 6.42 Å². The minimum absolute atomic E-state index is 0.121. The first-order valence-electron chi connectivity index (χ1n) is 5.26. The lowest BCUT2D eigenvalue weighted by Crippen LogP contribution is -2.14. The predicted molar refractivity (Wildman–Crippen MR) is 74.0 cm³/mol. The normalized spacial score (nSPS) is 12.4. The Morgan fingerprint density at radius 2 is 2.18 bits per heavy atom. The highest BCUT2D eigenvalue weighted by molar-refractivity contribution is 9.10. The van der Waals surface area contributed by atoms with Gasteiger partial charge in [-0.3, -0.25) is 4.98 Å². The summed E-state index contributed by atoms with van der Waals surface area (Å²) < 4.78 is 0.985. The number of nitrogens with zero attached hydrogens (tertiary/aromatic N) is 1. The van der Waals surface area contributed by atoms with Crippen LogP contribution in [0.1, 0.15) is 17.2 Å². The van der Waals surface area contributed by atoms with Crippen molar-refractivity contribution >= 4 is 27.5 Å². The topological polar surface area (TPSA) is 38.9 Å². The van der Waals surface area contributed by atoms with Crippen LogP contribution in [0.5, 0.6) is 0 Å². The van der Waals surface area contributed by atoms with E-state index in [1.54, 1.807) is 6.20 Å². The van der Waals surface area contributed by atoms with E-state index in [4.69, 9.17) is 17.3 Å². The van der Waals surface area contributed by atoms with Crippen molar-refractivity contribution in [2.45, 2.75) is 12.5 Å². The second-order valence-electron chi connectivity index (χ2n) is 3.84. The molecule has 1 aromatic carbocycles. The number of aromatic nitrogens is 1. The van der Waals surface area contributed by atoms with E-state index in [2.05, 4.69) is 20.9 Å². The first kappa shape index (κ1) is 12.6. The summed E-state index contributed by atoms with van der Waals surface area (Å²) in [6, 6.07) is 9.52. The van der Waals surface area contributed by atoms with Crippen LogP contribution in [0.25, 0.3) is 0 Å². The Labute approximate surface area is 114 Å². The number of nitrogens with two attached hydrogens (primary N) is 1. The molecule has 0 aliphatic heterocycles. The summed E-state index contributed by atoms with van der Waals surface area (Å²) in [5.41, 5.74) is 8.22. The Morgan fingerprint density at radius 1 is 1.35 bits per heavy atom. The molecule has 17 heavy (non-hydrogen) atoms. The van der Waals surface area contributed by atoms with E-state index in [-0.39, 0.29) is 6.04 Å². The fourth-order valence-corrected chi connectivity index (χ4v) is 2.32. The molecular weight excluding hydrogens is 300 g/mol. The molecule has 1 aromatic heterocycles. The Bertz CT molecular complexity index is 502. The first-order valence-corrected chi connectivity index (χ1v) is 6.43. The molecule has 1 atom stereocenters. The summed E-state index contributed by atoms with van der Waals surface area (Å²) in [5.74, 6) is 0. The maximum atomic E-state index is 6.16.